The van der Waals surface area contributed by atoms with E-state index in [9.17, 15) is 0 Å². The number of anilines is 1. The predicted molar refractivity (Wildman–Crippen MR) is 63.8 cm³/mol. The van der Waals surface area contributed by atoms with Gasteiger partial charge in [-0.1, -0.05) is 11.6 Å². The molecular weight excluding hydrogens is 186 g/mol. The van der Waals surface area contributed by atoms with Crippen LogP contribution in [0.4, 0.5) is 5.69 Å². The summed E-state index contributed by atoms with van der Waals surface area (Å²) < 4.78 is 0. The lowest BCUT2D eigenvalue weighted by Gasteiger charge is -2.09. The van der Waals surface area contributed by atoms with Crippen LogP contribution in [0.1, 0.15) is 16.8 Å². The first-order chi connectivity index (χ1) is 7.11. The Kier molecular flexibility index (Phi) is 2.32. The van der Waals surface area contributed by atoms with E-state index < -0.39 is 0 Å². The van der Waals surface area contributed by atoms with Crippen molar-refractivity contribution in [2.75, 3.05) is 5.43 Å². The number of nitrogen functional groups attached to an aromatic ring is 1. The van der Waals surface area contributed by atoms with Crippen molar-refractivity contribution < 1.29 is 0 Å². The molecule has 0 aliphatic carbocycles. The SMILES string of the molecule is Cc1cc(C)c2nc(C)cc(NN)c2c1. The van der Waals surface area contributed by atoms with E-state index in [2.05, 4.69) is 36.4 Å². The summed E-state index contributed by atoms with van der Waals surface area (Å²) in [5.74, 6) is 5.51. The highest BCUT2D eigenvalue weighted by atomic mass is 15.2. The van der Waals surface area contributed by atoms with Gasteiger partial charge in [-0.15, -0.1) is 0 Å². The monoisotopic (exact) mass is 201 g/mol. The van der Waals surface area contributed by atoms with Crippen LogP contribution in [-0.2, 0) is 0 Å². The molecule has 2 rings (SSSR count). The molecule has 0 fully saturated rings. The largest absolute Gasteiger partial charge is 0.323 e. The van der Waals surface area contributed by atoms with E-state index in [0.29, 0.717) is 0 Å². The molecule has 1 aromatic heterocycles. The average molecular weight is 201 g/mol. The van der Waals surface area contributed by atoms with Gasteiger partial charge in [0.25, 0.3) is 0 Å². The summed E-state index contributed by atoms with van der Waals surface area (Å²) in [6.45, 7) is 6.12. The highest BCUT2D eigenvalue weighted by molar-refractivity contribution is 5.93. The first kappa shape index (κ1) is 9.93. The minimum Gasteiger partial charge on any atom is -0.323 e. The number of aromatic nitrogens is 1. The van der Waals surface area contributed by atoms with Gasteiger partial charge >= 0.3 is 0 Å². The smallest absolute Gasteiger partial charge is 0.0755 e. The molecule has 0 spiro atoms. The number of benzene rings is 1. The highest BCUT2D eigenvalue weighted by Gasteiger charge is 2.05. The van der Waals surface area contributed by atoms with Crippen molar-refractivity contribution in [2.45, 2.75) is 20.8 Å². The van der Waals surface area contributed by atoms with Crippen LogP contribution in [0.15, 0.2) is 18.2 Å². The maximum atomic E-state index is 5.51. The van der Waals surface area contributed by atoms with Crippen LogP contribution in [0.25, 0.3) is 10.9 Å². The van der Waals surface area contributed by atoms with Crippen LogP contribution < -0.4 is 11.3 Å². The van der Waals surface area contributed by atoms with Crippen molar-refractivity contribution in [2.24, 2.45) is 5.84 Å². The van der Waals surface area contributed by atoms with E-state index in [1.54, 1.807) is 0 Å². The third kappa shape index (κ3) is 1.66. The van der Waals surface area contributed by atoms with Gasteiger partial charge in [0.1, 0.15) is 0 Å². The lowest BCUT2D eigenvalue weighted by molar-refractivity contribution is 1.22. The molecule has 3 heteroatoms. The number of pyridine rings is 1. The Labute approximate surface area is 89.3 Å². The molecule has 0 aliphatic rings. The number of hydrazine groups is 1. The van der Waals surface area contributed by atoms with E-state index in [1.165, 1.54) is 11.1 Å². The molecule has 0 radical (unpaired) electrons. The molecule has 3 nitrogen and oxygen atoms in total. The Hall–Kier alpha value is -1.61. The Bertz CT molecular complexity index is 518. The van der Waals surface area contributed by atoms with Crippen LogP contribution in [0.3, 0.4) is 0 Å². The molecule has 0 aliphatic heterocycles. The van der Waals surface area contributed by atoms with Crippen molar-refractivity contribution in [3.05, 3.63) is 35.0 Å². The van der Waals surface area contributed by atoms with E-state index >= 15 is 0 Å². The second-order valence-corrected chi connectivity index (χ2v) is 3.93. The molecule has 0 saturated carbocycles. The van der Waals surface area contributed by atoms with Gasteiger partial charge in [-0.25, -0.2) is 0 Å². The molecule has 2 aromatic rings. The van der Waals surface area contributed by atoms with Gasteiger partial charge in [0.2, 0.25) is 0 Å². The molecule has 0 bridgehead atoms. The fraction of sp³-hybridized carbons (Fsp3) is 0.250. The van der Waals surface area contributed by atoms with Gasteiger partial charge < -0.3 is 5.43 Å². The van der Waals surface area contributed by atoms with Crippen molar-refractivity contribution in [3.63, 3.8) is 0 Å². The molecule has 3 N–H and O–H groups in total. The summed E-state index contributed by atoms with van der Waals surface area (Å²) in [4.78, 5) is 4.53. The summed E-state index contributed by atoms with van der Waals surface area (Å²) in [6, 6.07) is 6.19. The van der Waals surface area contributed by atoms with E-state index in [0.717, 1.165) is 22.3 Å². The molecule has 1 aromatic carbocycles. The molecule has 78 valence electrons. The number of hydrogen-bond donors (Lipinski definition) is 2. The fourth-order valence-corrected chi connectivity index (χ4v) is 1.93. The van der Waals surface area contributed by atoms with E-state index in [-0.39, 0.29) is 0 Å². The van der Waals surface area contributed by atoms with Crippen LogP contribution in [-0.4, -0.2) is 4.98 Å². The number of nitrogens with zero attached hydrogens (tertiary/aromatic N) is 1. The highest BCUT2D eigenvalue weighted by Crippen LogP contribution is 2.26. The molecule has 0 unspecified atom stereocenters. The number of aryl methyl sites for hydroxylation is 3. The first-order valence-corrected chi connectivity index (χ1v) is 4.97. The zero-order valence-electron chi connectivity index (χ0n) is 9.26. The van der Waals surface area contributed by atoms with E-state index in [1.807, 2.05) is 13.0 Å². The number of nitrogens with two attached hydrogens (primary N) is 1. The van der Waals surface area contributed by atoms with Gasteiger partial charge in [0.05, 0.1) is 11.2 Å². The maximum Gasteiger partial charge on any atom is 0.0755 e. The van der Waals surface area contributed by atoms with Crippen molar-refractivity contribution in [1.82, 2.24) is 4.98 Å². The number of nitrogens with one attached hydrogen (secondary N) is 1. The van der Waals surface area contributed by atoms with Crippen LogP contribution in [0.5, 0.6) is 0 Å². The quantitative estimate of drug-likeness (QED) is 0.550. The van der Waals surface area contributed by atoms with Gasteiger partial charge in [-0.2, -0.15) is 0 Å². The van der Waals surface area contributed by atoms with Crippen molar-refractivity contribution in [1.29, 1.82) is 0 Å². The van der Waals surface area contributed by atoms with Gasteiger partial charge in [0.15, 0.2) is 0 Å². The average Bonchev–Trinajstić information content (AvgIpc) is 2.18. The summed E-state index contributed by atoms with van der Waals surface area (Å²) in [6.07, 6.45) is 0. The number of fused-ring (bicyclic) bond motifs is 1. The Morgan fingerprint density at radius 3 is 2.53 bits per heavy atom. The first-order valence-electron chi connectivity index (χ1n) is 4.97. The van der Waals surface area contributed by atoms with Gasteiger partial charge in [-0.05, 0) is 38.5 Å². The molecule has 0 atom stereocenters. The fourth-order valence-electron chi connectivity index (χ4n) is 1.93. The minimum atomic E-state index is 0.935. The van der Waals surface area contributed by atoms with Gasteiger partial charge in [-0.3, -0.25) is 10.8 Å². The summed E-state index contributed by atoms with van der Waals surface area (Å²) >= 11 is 0. The van der Waals surface area contributed by atoms with Crippen molar-refractivity contribution >= 4 is 16.6 Å². The summed E-state index contributed by atoms with van der Waals surface area (Å²) in [5.41, 5.74) is 8.07. The molecule has 0 amide bonds. The van der Waals surface area contributed by atoms with Gasteiger partial charge in [0, 0.05) is 11.1 Å². The van der Waals surface area contributed by atoms with Crippen LogP contribution >= 0.6 is 0 Å². The minimum absolute atomic E-state index is 0.935. The normalized spacial score (nSPS) is 10.7. The van der Waals surface area contributed by atoms with Crippen LogP contribution in [0.2, 0.25) is 0 Å². The summed E-state index contributed by atoms with van der Waals surface area (Å²) in [5, 5.41) is 1.08. The third-order valence-corrected chi connectivity index (χ3v) is 2.53. The Morgan fingerprint density at radius 2 is 1.87 bits per heavy atom. The predicted octanol–water partition coefficient (Wildman–Crippen LogP) is 2.45. The molecule has 0 saturated heterocycles. The topological polar surface area (TPSA) is 50.9 Å². The standard InChI is InChI=1S/C12H15N3/c1-7-4-8(2)12-10(5-7)11(15-13)6-9(3)14-12/h4-6H,13H2,1-3H3,(H,14,15). The summed E-state index contributed by atoms with van der Waals surface area (Å²) in [7, 11) is 0. The zero-order valence-corrected chi connectivity index (χ0v) is 9.26. The molecule has 15 heavy (non-hydrogen) atoms. The lowest BCUT2D eigenvalue weighted by Crippen LogP contribution is -2.08. The van der Waals surface area contributed by atoms with Crippen LogP contribution in [0, 0.1) is 20.8 Å². The van der Waals surface area contributed by atoms with E-state index in [4.69, 9.17) is 5.84 Å². The second-order valence-electron chi connectivity index (χ2n) is 3.93. The third-order valence-electron chi connectivity index (χ3n) is 2.53. The molecule has 1 heterocycles. The molecular formula is C12H15N3. The Balaban J connectivity index is 2.89. The maximum absolute atomic E-state index is 5.51. The Morgan fingerprint density at radius 1 is 1.13 bits per heavy atom. The zero-order chi connectivity index (χ0) is 11.0. The second kappa shape index (κ2) is 3.51. The van der Waals surface area contributed by atoms with Crippen molar-refractivity contribution in [3.8, 4) is 0 Å². The number of hydrogen-bond acceptors (Lipinski definition) is 3. The number of rotatable bonds is 1. The lowest BCUT2D eigenvalue weighted by atomic mass is 10.1.